The summed E-state index contributed by atoms with van der Waals surface area (Å²) in [6.45, 7) is 3.70. The predicted molar refractivity (Wildman–Crippen MR) is 57.6 cm³/mol. The lowest BCUT2D eigenvalue weighted by molar-refractivity contribution is -0.143. The van der Waals surface area contributed by atoms with Crippen molar-refractivity contribution in [1.29, 1.82) is 0 Å². The number of esters is 1. The van der Waals surface area contributed by atoms with Crippen LogP contribution < -0.4 is 4.74 Å². The molecule has 0 saturated heterocycles. The molecule has 1 rings (SSSR count). The summed E-state index contributed by atoms with van der Waals surface area (Å²) in [6, 6.07) is 7.43. The van der Waals surface area contributed by atoms with Gasteiger partial charge in [0.05, 0.1) is 13.5 Å². The van der Waals surface area contributed by atoms with Crippen LogP contribution in [0.3, 0.4) is 0 Å². The van der Waals surface area contributed by atoms with Crippen molar-refractivity contribution >= 4 is 5.97 Å². The molecule has 0 bridgehead atoms. The van der Waals surface area contributed by atoms with Gasteiger partial charge in [-0.05, 0) is 6.07 Å². The number of carbonyl (C=O) groups excluding carboxylic acids is 1. The highest BCUT2D eigenvalue weighted by Gasteiger charge is 2.04. The highest BCUT2D eigenvalue weighted by molar-refractivity contribution is 5.71. The molecule has 0 N–H and O–H groups in total. The number of carbonyl (C=O) groups is 1. The molecule has 3 nitrogen and oxygen atoms in total. The maximum atomic E-state index is 11.1. The first-order valence-electron chi connectivity index (χ1n) is 4.66. The Morgan fingerprint density at radius 3 is 2.87 bits per heavy atom. The minimum absolute atomic E-state index is 0.231. The average Bonchev–Trinajstić information content (AvgIpc) is 2.27. The van der Waals surface area contributed by atoms with Crippen molar-refractivity contribution in [3.8, 4) is 5.75 Å². The monoisotopic (exact) mass is 206 g/mol. The molecular weight excluding hydrogens is 192 g/mol. The molecule has 0 aliphatic carbocycles. The second-order valence-electron chi connectivity index (χ2n) is 2.97. The van der Waals surface area contributed by atoms with E-state index in [2.05, 4.69) is 6.58 Å². The summed E-state index contributed by atoms with van der Waals surface area (Å²) < 4.78 is 10.1. The SMILES string of the molecule is C=CCC(=O)OCc1ccccc1OC. The van der Waals surface area contributed by atoms with Gasteiger partial charge in [-0.1, -0.05) is 24.3 Å². The van der Waals surface area contributed by atoms with Gasteiger partial charge in [-0.15, -0.1) is 6.58 Å². The number of methoxy groups -OCH3 is 1. The van der Waals surface area contributed by atoms with Gasteiger partial charge in [0.25, 0.3) is 0 Å². The van der Waals surface area contributed by atoms with Crippen molar-refractivity contribution in [1.82, 2.24) is 0 Å². The molecule has 3 heteroatoms. The summed E-state index contributed by atoms with van der Waals surface area (Å²) >= 11 is 0. The van der Waals surface area contributed by atoms with Gasteiger partial charge in [0.2, 0.25) is 0 Å². The fraction of sp³-hybridized carbons (Fsp3) is 0.250. The van der Waals surface area contributed by atoms with E-state index in [-0.39, 0.29) is 19.0 Å². The van der Waals surface area contributed by atoms with Crippen molar-refractivity contribution in [2.45, 2.75) is 13.0 Å². The molecule has 0 amide bonds. The Labute approximate surface area is 89.3 Å². The molecule has 0 aliphatic rings. The third kappa shape index (κ3) is 3.46. The zero-order chi connectivity index (χ0) is 11.1. The Balaban J connectivity index is 2.56. The van der Waals surface area contributed by atoms with Crippen molar-refractivity contribution in [2.75, 3.05) is 7.11 Å². The van der Waals surface area contributed by atoms with E-state index in [0.29, 0.717) is 0 Å². The highest BCUT2D eigenvalue weighted by Crippen LogP contribution is 2.18. The number of hydrogen-bond donors (Lipinski definition) is 0. The lowest BCUT2D eigenvalue weighted by Gasteiger charge is -2.08. The van der Waals surface area contributed by atoms with Crippen molar-refractivity contribution in [3.05, 3.63) is 42.5 Å². The lowest BCUT2D eigenvalue weighted by atomic mass is 10.2. The number of rotatable bonds is 5. The summed E-state index contributed by atoms with van der Waals surface area (Å²) in [5.74, 6) is 0.444. The first-order valence-corrected chi connectivity index (χ1v) is 4.66. The van der Waals surface area contributed by atoms with Gasteiger partial charge in [-0.25, -0.2) is 0 Å². The molecule has 0 spiro atoms. The molecule has 80 valence electrons. The molecule has 0 aromatic heterocycles. The normalized spacial score (nSPS) is 9.40. The molecule has 0 unspecified atom stereocenters. The molecule has 0 aliphatic heterocycles. The Morgan fingerprint density at radius 2 is 2.20 bits per heavy atom. The van der Waals surface area contributed by atoms with Crippen molar-refractivity contribution < 1.29 is 14.3 Å². The fourth-order valence-electron chi connectivity index (χ4n) is 1.16. The minimum atomic E-state index is -0.282. The number of para-hydroxylation sites is 1. The summed E-state index contributed by atoms with van der Waals surface area (Å²) in [5, 5.41) is 0. The topological polar surface area (TPSA) is 35.5 Å². The van der Waals surface area contributed by atoms with Crippen molar-refractivity contribution in [3.63, 3.8) is 0 Å². The van der Waals surface area contributed by atoms with Crippen LogP contribution in [0.15, 0.2) is 36.9 Å². The molecule has 0 atom stereocenters. The lowest BCUT2D eigenvalue weighted by Crippen LogP contribution is -2.03. The highest BCUT2D eigenvalue weighted by atomic mass is 16.5. The van der Waals surface area contributed by atoms with Crippen LogP contribution in [0, 0.1) is 0 Å². The van der Waals surface area contributed by atoms with Crippen LogP contribution in [0.1, 0.15) is 12.0 Å². The van der Waals surface area contributed by atoms with Crippen LogP contribution >= 0.6 is 0 Å². The molecular formula is C12H14O3. The predicted octanol–water partition coefficient (Wildman–Crippen LogP) is 2.31. The molecule has 0 saturated carbocycles. The van der Waals surface area contributed by atoms with Gasteiger partial charge in [0.1, 0.15) is 12.4 Å². The first kappa shape index (κ1) is 11.3. The number of benzene rings is 1. The van der Waals surface area contributed by atoms with E-state index < -0.39 is 0 Å². The smallest absolute Gasteiger partial charge is 0.309 e. The zero-order valence-electron chi connectivity index (χ0n) is 8.73. The van der Waals surface area contributed by atoms with Crippen LogP contribution in [0.4, 0.5) is 0 Å². The Hall–Kier alpha value is -1.77. The van der Waals surface area contributed by atoms with Gasteiger partial charge in [-0.2, -0.15) is 0 Å². The van der Waals surface area contributed by atoms with Crippen LogP contribution in [0.5, 0.6) is 5.75 Å². The quantitative estimate of drug-likeness (QED) is 0.548. The Bertz CT molecular complexity index is 344. The largest absolute Gasteiger partial charge is 0.496 e. The second kappa shape index (κ2) is 5.86. The number of ether oxygens (including phenoxy) is 2. The standard InChI is InChI=1S/C12H14O3/c1-3-6-12(13)15-9-10-7-4-5-8-11(10)14-2/h3-5,7-8H,1,6,9H2,2H3. The van der Waals surface area contributed by atoms with Gasteiger partial charge in [0, 0.05) is 5.56 Å². The van der Waals surface area contributed by atoms with E-state index in [1.165, 1.54) is 6.08 Å². The maximum Gasteiger partial charge on any atom is 0.309 e. The van der Waals surface area contributed by atoms with Gasteiger partial charge >= 0.3 is 5.97 Å². The third-order valence-electron chi connectivity index (χ3n) is 1.89. The second-order valence-corrected chi connectivity index (χ2v) is 2.97. The van der Waals surface area contributed by atoms with Gasteiger partial charge < -0.3 is 9.47 Å². The van der Waals surface area contributed by atoms with E-state index in [4.69, 9.17) is 9.47 Å². The first-order chi connectivity index (χ1) is 7.27. The van der Waals surface area contributed by atoms with Crippen molar-refractivity contribution in [2.24, 2.45) is 0 Å². The van der Waals surface area contributed by atoms with E-state index >= 15 is 0 Å². The van der Waals surface area contributed by atoms with E-state index in [9.17, 15) is 4.79 Å². The fourth-order valence-corrected chi connectivity index (χ4v) is 1.16. The van der Waals surface area contributed by atoms with Crippen LogP contribution in [-0.4, -0.2) is 13.1 Å². The number of hydrogen-bond acceptors (Lipinski definition) is 3. The van der Waals surface area contributed by atoms with E-state index in [1.54, 1.807) is 7.11 Å². The van der Waals surface area contributed by atoms with Gasteiger partial charge in [-0.3, -0.25) is 4.79 Å². The molecule has 0 heterocycles. The van der Waals surface area contributed by atoms with Crippen LogP contribution in [0.2, 0.25) is 0 Å². The molecule has 1 aromatic rings. The molecule has 0 fully saturated rings. The summed E-state index contributed by atoms with van der Waals surface area (Å²) in [6.07, 6.45) is 1.75. The third-order valence-corrected chi connectivity index (χ3v) is 1.89. The zero-order valence-corrected chi connectivity index (χ0v) is 8.73. The summed E-state index contributed by atoms with van der Waals surface area (Å²) in [5.41, 5.74) is 0.859. The minimum Gasteiger partial charge on any atom is -0.496 e. The Morgan fingerprint density at radius 1 is 1.47 bits per heavy atom. The van der Waals surface area contributed by atoms with Gasteiger partial charge in [0.15, 0.2) is 0 Å². The van der Waals surface area contributed by atoms with Crippen LogP contribution in [-0.2, 0) is 16.1 Å². The Kier molecular flexibility index (Phi) is 4.41. The average molecular weight is 206 g/mol. The maximum absolute atomic E-state index is 11.1. The summed E-state index contributed by atoms with van der Waals surface area (Å²) in [7, 11) is 1.59. The summed E-state index contributed by atoms with van der Waals surface area (Å²) in [4.78, 5) is 11.1. The van der Waals surface area contributed by atoms with E-state index in [0.717, 1.165) is 11.3 Å². The molecule has 0 radical (unpaired) electrons. The van der Waals surface area contributed by atoms with Crippen LogP contribution in [0.25, 0.3) is 0 Å². The molecule has 1 aromatic carbocycles. The van der Waals surface area contributed by atoms with E-state index in [1.807, 2.05) is 24.3 Å². The molecule has 15 heavy (non-hydrogen) atoms.